The van der Waals surface area contributed by atoms with Crippen molar-refractivity contribution in [2.75, 3.05) is 13.1 Å². The minimum Gasteiger partial charge on any atom is -0.356 e. The number of benzene rings is 1. The van der Waals surface area contributed by atoms with Crippen molar-refractivity contribution in [2.24, 2.45) is 0 Å². The van der Waals surface area contributed by atoms with Crippen LogP contribution in [-0.2, 0) is 6.42 Å². The monoisotopic (exact) mass is 525 g/mol. The third kappa shape index (κ3) is 15.8. The molecular weight excluding hydrogens is 460 g/mol. The van der Waals surface area contributed by atoms with E-state index in [1.165, 1.54) is 160 Å². The van der Waals surface area contributed by atoms with Crippen LogP contribution in [0.15, 0.2) is 42.7 Å². The quantitative estimate of drug-likeness (QED) is 0.111. The molecule has 2 nitrogen and oxygen atoms in total. The Morgan fingerprint density at radius 2 is 0.789 bits per heavy atom. The SMILES string of the molecule is CCCCCCCCCCCCCCCN1C=CN(CCCCCCCCCCC)C1Cc1ccccc1. The summed E-state index contributed by atoms with van der Waals surface area (Å²) in [6, 6.07) is 11.1. The van der Waals surface area contributed by atoms with Crippen molar-refractivity contribution >= 4 is 0 Å². The van der Waals surface area contributed by atoms with Gasteiger partial charge in [0, 0.05) is 31.9 Å². The van der Waals surface area contributed by atoms with E-state index < -0.39 is 0 Å². The van der Waals surface area contributed by atoms with E-state index in [1.807, 2.05) is 0 Å². The van der Waals surface area contributed by atoms with Crippen LogP contribution in [0.25, 0.3) is 0 Å². The van der Waals surface area contributed by atoms with Crippen LogP contribution in [0.5, 0.6) is 0 Å². The second-order valence-electron chi connectivity index (χ2n) is 12.0. The number of rotatable bonds is 26. The third-order valence-corrected chi connectivity index (χ3v) is 8.52. The Kier molecular flexibility index (Phi) is 20.2. The number of unbranched alkanes of at least 4 members (excludes halogenated alkanes) is 20. The summed E-state index contributed by atoms with van der Waals surface area (Å²) in [5, 5.41) is 0. The zero-order valence-electron chi connectivity index (χ0n) is 25.7. The lowest BCUT2D eigenvalue weighted by atomic mass is 10.0. The van der Waals surface area contributed by atoms with Crippen molar-refractivity contribution in [3.8, 4) is 0 Å². The molecule has 0 aliphatic carbocycles. The zero-order valence-corrected chi connectivity index (χ0v) is 25.7. The van der Waals surface area contributed by atoms with E-state index in [0.717, 1.165) is 6.42 Å². The van der Waals surface area contributed by atoms with Gasteiger partial charge in [-0.05, 0) is 18.4 Å². The van der Waals surface area contributed by atoms with E-state index in [-0.39, 0.29) is 0 Å². The first-order valence-electron chi connectivity index (χ1n) is 17.1. The van der Waals surface area contributed by atoms with Crippen molar-refractivity contribution < 1.29 is 0 Å². The molecule has 2 heteroatoms. The molecule has 0 saturated heterocycles. The first-order valence-corrected chi connectivity index (χ1v) is 17.1. The largest absolute Gasteiger partial charge is 0.356 e. The van der Waals surface area contributed by atoms with E-state index >= 15 is 0 Å². The summed E-state index contributed by atoms with van der Waals surface area (Å²) in [6.07, 6.45) is 37.6. The van der Waals surface area contributed by atoms with Crippen LogP contribution < -0.4 is 0 Å². The fourth-order valence-corrected chi connectivity index (χ4v) is 5.98. The number of nitrogens with zero attached hydrogens (tertiary/aromatic N) is 2. The summed E-state index contributed by atoms with van der Waals surface area (Å²) in [5.74, 6) is 0. The third-order valence-electron chi connectivity index (χ3n) is 8.52. The van der Waals surface area contributed by atoms with Gasteiger partial charge in [-0.25, -0.2) is 0 Å². The molecule has 0 saturated carbocycles. The van der Waals surface area contributed by atoms with Crippen molar-refractivity contribution in [1.82, 2.24) is 9.80 Å². The Hall–Kier alpha value is -1.44. The van der Waals surface area contributed by atoms with Crippen LogP contribution >= 0.6 is 0 Å². The summed E-state index contributed by atoms with van der Waals surface area (Å²) >= 11 is 0. The summed E-state index contributed by atoms with van der Waals surface area (Å²) < 4.78 is 0. The average molecular weight is 525 g/mol. The highest BCUT2D eigenvalue weighted by molar-refractivity contribution is 5.17. The Morgan fingerprint density at radius 3 is 1.16 bits per heavy atom. The van der Waals surface area contributed by atoms with Crippen molar-refractivity contribution in [3.05, 3.63) is 48.3 Å². The van der Waals surface area contributed by atoms with E-state index in [9.17, 15) is 0 Å². The van der Waals surface area contributed by atoms with Gasteiger partial charge >= 0.3 is 0 Å². The van der Waals surface area contributed by atoms with Crippen molar-refractivity contribution in [2.45, 2.75) is 168 Å². The minimum absolute atomic E-state index is 0.503. The second kappa shape index (κ2) is 23.4. The number of hydrogen-bond acceptors (Lipinski definition) is 2. The molecule has 1 aliphatic rings. The predicted octanol–water partition coefficient (Wildman–Crippen LogP) is 11.3. The van der Waals surface area contributed by atoms with Crippen LogP contribution in [0.4, 0.5) is 0 Å². The molecule has 218 valence electrons. The summed E-state index contributed by atoms with van der Waals surface area (Å²) in [4.78, 5) is 5.27. The first-order chi connectivity index (χ1) is 18.8. The standard InChI is InChI=1S/C36H64N2/c1-3-5-7-9-11-13-14-15-16-18-20-22-27-31-38-33-32-37(36(38)34-35-28-24-23-25-29-35)30-26-21-19-17-12-10-8-6-4-2/h23-25,28-29,32-33,36H,3-22,26-27,30-31,34H2,1-2H3. The van der Waals surface area contributed by atoms with Crippen LogP contribution in [-0.4, -0.2) is 29.1 Å². The molecule has 0 N–H and O–H groups in total. The molecule has 0 bridgehead atoms. The summed E-state index contributed by atoms with van der Waals surface area (Å²) in [6.45, 7) is 7.02. The van der Waals surface area contributed by atoms with Gasteiger partial charge in [0.05, 0.1) is 0 Å². The zero-order chi connectivity index (χ0) is 26.9. The van der Waals surface area contributed by atoms with Gasteiger partial charge in [-0.2, -0.15) is 0 Å². The molecule has 0 spiro atoms. The highest BCUT2D eigenvalue weighted by Crippen LogP contribution is 2.22. The Balaban J connectivity index is 1.58. The molecule has 0 fully saturated rings. The highest BCUT2D eigenvalue weighted by Gasteiger charge is 2.25. The molecule has 0 aromatic heterocycles. The molecule has 2 rings (SSSR count). The highest BCUT2D eigenvalue weighted by atomic mass is 15.4. The topological polar surface area (TPSA) is 6.48 Å². The molecule has 1 heterocycles. The maximum absolute atomic E-state index is 2.64. The maximum atomic E-state index is 2.64. The normalized spacial score (nSPS) is 15.2. The average Bonchev–Trinajstić information content (AvgIpc) is 3.31. The number of hydrogen-bond donors (Lipinski definition) is 0. The van der Waals surface area contributed by atoms with Gasteiger partial charge in [0.2, 0.25) is 0 Å². The van der Waals surface area contributed by atoms with Gasteiger partial charge in [-0.1, -0.05) is 173 Å². The van der Waals surface area contributed by atoms with E-state index in [2.05, 4.69) is 66.4 Å². The molecule has 0 radical (unpaired) electrons. The second-order valence-corrected chi connectivity index (χ2v) is 12.0. The molecule has 0 amide bonds. The van der Waals surface area contributed by atoms with Crippen LogP contribution in [0, 0.1) is 0 Å². The van der Waals surface area contributed by atoms with Crippen LogP contribution in [0.2, 0.25) is 0 Å². The van der Waals surface area contributed by atoms with Gasteiger partial charge < -0.3 is 9.80 Å². The molecular formula is C36H64N2. The predicted molar refractivity (Wildman–Crippen MR) is 169 cm³/mol. The smallest absolute Gasteiger partial charge is 0.105 e. The lowest BCUT2D eigenvalue weighted by molar-refractivity contribution is 0.148. The molecule has 1 atom stereocenters. The molecule has 38 heavy (non-hydrogen) atoms. The van der Waals surface area contributed by atoms with Crippen LogP contribution in [0.1, 0.15) is 161 Å². The van der Waals surface area contributed by atoms with Crippen molar-refractivity contribution in [3.63, 3.8) is 0 Å². The Morgan fingerprint density at radius 1 is 0.447 bits per heavy atom. The lowest BCUT2D eigenvalue weighted by Gasteiger charge is -2.33. The van der Waals surface area contributed by atoms with Gasteiger partial charge in [0.1, 0.15) is 6.17 Å². The Bertz CT molecular complexity index is 655. The van der Waals surface area contributed by atoms with E-state index in [4.69, 9.17) is 0 Å². The van der Waals surface area contributed by atoms with Gasteiger partial charge in [-0.15, -0.1) is 0 Å². The van der Waals surface area contributed by atoms with Crippen LogP contribution in [0.3, 0.4) is 0 Å². The maximum Gasteiger partial charge on any atom is 0.105 e. The lowest BCUT2D eigenvalue weighted by Crippen LogP contribution is -2.41. The van der Waals surface area contributed by atoms with E-state index in [0.29, 0.717) is 6.17 Å². The fraction of sp³-hybridized carbons (Fsp3) is 0.778. The molecule has 1 unspecified atom stereocenters. The van der Waals surface area contributed by atoms with Gasteiger partial charge in [0.25, 0.3) is 0 Å². The first kappa shape index (κ1) is 32.8. The van der Waals surface area contributed by atoms with Gasteiger partial charge in [0.15, 0.2) is 0 Å². The molecule has 1 aliphatic heterocycles. The summed E-state index contributed by atoms with van der Waals surface area (Å²) in [5.41, 5.74) is 1.47. The molecule has 1 aromatic carbocycles. The van der Waals surface area contributed by atoms with Gasteiger partial charge in [-0.3, -0.25) is 0 Å². The Labute approximate surface area is 238 Å². The molecule has 1 aromatic rings. The summed E-state index contributed by atoms with van der Waals surface area (Å²) in [7, 11) is 0. The fourth-order valence-electron chi connectivity index (χ4n) is 5.98. The van der Waals surface area contributed by atoms with E-state index in [1.54, 1.807) is 0 Å². The minimum atomic E-state index is 0.503. The van der Waals surface area contributed by atoms with Crippen molar-refractivity contribution in [1.29, 1.82) is 0 Å².